The second-order valence-corrected chi connectivity index (χ2v) is 4.17. The second kappa shape index (κ2) is 4.53. The van der Waals surface area contributed by atoms with Crippen molar-refractivity contribution in [3.63, 3.8) is 0 Å². The van der Waals surface area contributed by atoms with E-state index in [4.69, 9.17) is 10.7 Å². The Hall–Kier alpha value is -2.68. The Morgan fingerprint density at radius 2 is 2.00 bits per heavy atom. The minimum atomic E-state index is -1.44. The van der Waals surface area contributed by atoms with Gasteiger partial charge < -0.3 is 0 Å². The SMILES string of the molecule is CCC1(c2ccccc2)C(=O)NC(=N)N(C#N)C1=O. The first-order chi connectivity index (χ1) is 9.07. The number of carbonyl (C=O) groups is 2. The summed E-state index contributed by atoms with van der Waals surface area (Å²) >= 11 is 0. The van der Waals surface area contributed by atoms with Crippen LogP contribution < -0.4 is 5.32 Å². The van der Waals surface area contributed by atoms with Crippen molar-refractivity contribution in [3.05, 3.63) is 35.9 Å². The highest BCUT2D eigenvalue weighted by Crippen LogP contribution is 2.32. The largest absolute Gasteiger partial charge is 0.294 e. The molecule has 6 heteroatoms. The van der Waals surface area contributed by atoms with Crippen LogP contribution in [0.15, 0.2) is 30.3 Å². The van der Waals surface area contributed by atoms with E-state index >= 15 is 0 Å². The van der Waals surface area contributed by atoms with Gasteiger partial charge in [0.1, 0.15) is 0 Å². The quantitative estimate of drug-likeness (QED) is 0.602. The van der Waals surface area contributed by atoms with Crippen LogP contribution in [0, 0.1) is 16.9 Å². The number of carbonyl (C=O) groups excluding carboxylic acids is 2. The molecule has 0 saturated carbocycles. The first-order valence-corrected chi connectivity index (χ1v) is 5.77. The van der Waals surface area contributed by atoms with Gasteiger partial charge in [-0.1, -0.05) is 37.3 Å². The van der Waals surface area contributed by atoms with Crippen molar-refractivity contribution >= 4 is 17.8 Å². The van der Waals surface area contributed by atoms with E-state index in [-0.39, 0.29) is 6.42 Å². The molecular formula is C13H12N4O2. The molecule has 0 aromatic heterocycles. The van der Waals surface area contributed by atoms with E-state index in [0.717, 1.165) is 0 Å². The van der Waals surface area contributed by atoms with Gasteiger partial charge in [0.2, 0.25) is 11.9 Å². The Morgan fingerprint density at radius 3 is 2.53 bits per heavy atom. The molecule has 0 bridgehead atoms. The molecule has 6 nitrogen and oxygen atoms in total. The van der Waals surface area contributed by atoms with E-state index in [1.807, 2.05) is 0 Å². The molecule has 0 spiro atoms. The van der Waals surface area contributed by atoms with Crippen LogP contribution in [-0.4, -0.2) is 22.7 Å². The minimum Gasteiger partial charge on any atom is -0.294 e. The average Bonchev–Trinajstić information content (AvgIpc) is 2.41. The number of hydrogen-bond donors (Lipinski definition) is 2. The number of nitrogens with one attached hydrogen (secondary N) is 2. The maximum absolute atomic E-state index is 12.4. The third kappa shape index (κ3) is 1.67. The maximum Gasteiger partial charge on any atom is 0.262 e. The van der Waals surface area contributed by atoms with Gasteiger partial charge in [-0.25, -0.2) is 0 Å². The van der Waals surface area contributed by atoms with Gasteiger partial charge in [0.05, 0.1) is 0 Å². The first-order valence-electron chi connectivity index (χ1n) is 5.77. The lowest BCUT2D eigenvalue weighted by Gasteiger charge is -2.37. The van der Waals surface area contributed by atoms with Gasteiger partial charge in [-0.15, -0.1) is 0 Å². The summed E-state index contributed by atoms with van der Waals surface area (Å²) < 4.78 is 0. The predicted molar refractivity (Wildman–Crippen MR) is 66.7 cm³/mol. The average molecular weight is 256 g/mol. The van der Waals surface area contributed by atoms with Gasteiger partial charge in [0.25, 0.3) is 5.91 Å². The summed E-state index contributed by atoms with van der Waals surface area (Å²) in [7, 11) is 0. The van der Waals surface area contributed by atoms with Crippen molar-refractivity contribution < 1.29 is 9.59 Å². The fourth-order valence-electron chi connectivity index (χ4n) is 2.25. The summed E-state index contributed by atoms with van der Waals surface area (Å²) in [5.74, 6) is -1.75. The lowest BCUT2D eigenvalue weighted by Crippen LogP contribution is -2.64. The summed E-state index contributed by atoms with van der Waals surface area (Å²) in [6.45, 7) is 1.70. The first kappa shape index (κ1) is 12.8. The second-order valence-electron chi connectivity index (χ2n) is 4.17. The minimum absolute atomic E-state index is 0.215. The van der Waals surface area contributed by atoms with Crippen molar-refractivity contribution in [2.75, 3.05) is 0 Å². The topological polar surface area (TPSA) is 97.1 Å². The molecule has 96 valence electrons. The normalized spacial score (nSPS) is 22.9. The van der Waals surface area contributed by atoms with Crippen LogP contribution in [0.25, 0.3) is 0 Å². The molecule has 2 N–H and O–H groups in total. The number of benzene rings is 1. The molecule has 0 radical (unpaired) electrons. The predicted octanol–water partition coefficient (Wildman–Crippen LogP) is 0.709. The summed E-state index contributed by atoms with van der Waals surface area (Å²) in [5.41, 5.74) is -0.922. The van der Waals surface area contributed by atoms with E-state index in [9.17, 15) is 9.59 Å². The Labute approximate surface area is 110 Å². The monoisotopic (exact) mass is 256 g/mol. The standard InChI is InChI=1S/C13H12N4O2/c1-2-13(9-6-4-3-5-7-9)10(18)16-12(15)17(8-14)11(13)19/h3-7H,2H2,1H3,(H2,15,16,18). The molecule has 1 unspecified atom stereocenters. The van der Waals surface area contributed by atoms with Crippen LogP contribution in [-0.2, 0) is 15.0 Å². The smallest absolute Gasteiger partial charge is 0.262 e. The highest BCUT2D eigenvalue weighted by molar-refractivity contribution is 6.23. The van der Waals surface area contributed by atoms with Gasteiger partial charge >= 0.3 is 0 Å². The zero-order valence-corrected chi connectivity index (χ0v) is 10.3. The van der Waals surface area contributed by atoms with Crippen molar-refractivity contribution in [2.45, 2.75) is 18.8 Å². The fourth-order valence-corrected chi connectivity index (χ4v) is 2.25. The van der Waals surface area contributed by atoms with E-state index in [0.29, 0.717) is 10.5 Å². The van der Waals surface area contributed by atoms with E-state index < -0.39 is 23.2 Å². The zero-order valence-electron chi connectivity index (χ0n) is 10.3. The number of rotatable bonds is 2. The number of nitriles is 1. The molecule has 2 rings (SSSR count). The summed E-state index contributed by atoms with van der Waals surface area (Å²) in [6.07, 6.45) is 1.84. The Bertz CT molecular complexity index is 590. The highest BCUT2D eigenvalue weighted by Gasteiger charge is 2.53. The molecule has 0 aliphatic carbocycles. The van der Waals surface area contributed by atoms with Crippen LogP contribution >= 0.6 is 0 Å². The third-order valence-electron chi connectivity index (χ3n) is 3.31. The van der Waals surface area contributed by atoms with Crippen molar-refractivity contribution in [3.8, 4) is 6.19 Å². The van der Waals surface area contributed by atoms with Gasteiger partial charge in [-0.3, -0.25) is 20.3 Å². The lowest BCUT2D eigenvalue weighted by molar-refractivity contribution is -0.142. The number of amides is 2. The van der Waals surface area contributed by atoms with E-state index in [1.54, 1.807) is 43.4 Å². The Balaban J connectivity index is 2.61. The van der Waals surface area contributed by atoms with Crippen LogP contribution in [0.5, 0.6) is 0 Å². The molecule has 1 aromatic carbocycles. The molecular weight excluding hydrogens is 244 g/mol. The van der Waals surface area contributed by atoms with Gasteiger partial charge in [0, 0.05) is 0 Å². The molecule has 1 fully saturated rings. The summed E-state index contributed by atoms with van der Waals surface area (Å²) in [4.78, 5) is 25.3. The van der Waals surface area contributed by atoms with Gasteiger partial charge in [-0.2, -0.15) is 10.2 Å². The molecule has 1 aromatic rings. The fraction of sp³-hybridized carbons (Fsp3) is 0.231. The molecule has 1 saturated heterocycles. The Kier molecular flexibility index (Phi) is 3.05. The number of hydrogen-bond acceptors (Lipinski definition) is 4. The summed E-state index contributed by atoms with van der Waals surface area (Å²) in [6, 6.07) is 8.58. The highest BCUT2D eigenvalue weighted by atomic mass is 16.2. The van der Waals surface area contributed by atoms with Crippen LogP contribution in [0.3, 0.4) is 0 Å². The molecule has 1 heterocycles. The molecule has 1 aliphatic rings. The van der Waals surface area contributed by atoms with Crippen molar-refractivity contribution in [1.82, 2.24) is 10.2 Å². The molecule has 1 atom stereocenters. The van der Waals surface area contributed by atoms with Crippen molar-refractivity contribution in [2.24, 2.45) is 0 Å². The van der Waals surface area contributed by atoms with E-state index in [1.165, 1.54) is 0 Å². The van der Waals surface area contributed by atoms with Crippen molar-refractivity contribution in [1.29, 1.82) is 10.7 Å². The number of nitrogens with zero attached hydrogens (tertiary/aromatic N) is 2. The lowest BCUT2D eigenvalue weighted by atomic mass is 9.75. The van der Waals surface area contributed by atoms with Crippen LogP contribution in [0.1, 0.15) is 18.9 Å². The molecule has 2 amide bonds. The zero-order chi connectivity index (χ0) is 14.0. The van der Waals surface area contributed by atoms with Crippen LogP contribution in [0.2, 0.25) is 0 Å². The molecule has 1 aliphatic heterocycles. The van der Waals surface area contributed by atoms with E-state index in [2.05, 4.69) is 5.32 Å². The third-order valence-corrected chi connectivity index (χ3v) is 3.31. The van der Waals surface area contributed by atoms with Gasteiger partial charge in [-0.05, 0) is 12.0 Å². The number of guanidine groups is 1. The van der Waals surface area contributed by atoms with Gasteiger partial charge in [0.15, 0.2) is 11.6 Å². The summed E-state index contributed by atoms with van der Waals surface area (Å²) in [5, 5.41) is 18.7. The Morgan fingerprint density at radius 1 is 1.37 bits per heavy atom. The molecule has 19 heavy (non-hydrogen) atoms. The van der Waals surface area contributed by atoms with Crippen LogP contribution in [0.4, 0.5) is 0 Å². The maximum atomic E-state index is 12.4.